The summed E-state index contributed by atoms with van der Waals surface area (Å²) >= 11 is 0. The van der Waals surface area contributed by atoms with E-state index in [1.54, 1.807) is 24.4 Å². The first kappa shape index (κ1) is 18.4. The van der Waals surface area contributed by atoms with Crippen LogP contribution in [-0.2, 0) is 4.74 Å². The van der Waals surface area contributed by atoms with E-state index in [-0.39, 0.29) is 30.0 Å². The Kier molecular flexibility index (Phi) is 6.04. The second-order valence-electron chi connectivity index (χ2n) is 5.38. The van der Waals surface area contributed by atoms with Crippen LogP contribution in [0.4, 0.5) is 5.69 Å². The Balaban J connectivity index is 2.25. The summed E-state index contributed by atoms with van der Waals surface area (Å²) < 4.78 is 5.06. The number of hydrogen-bond donors (Lipinski definition) is 6. The summed E-state index contributed by atoms with van der Waals surface area (Å²) in [7, 11) is 1.51. The summed E-state index contributed by atoms with van der Waals surface area (Å²) in [5, 5.41) is 28.3. The molecular formula is C17H22N6O2. The summed E-state index contributed by atoms with van der Waals surface area (Å²) in [5.74, 6) is 0.209. The molecule has 0 saturated heterocycles. The number of benzene rings is 1. The second-order valence-corrected chi connectivity index (χ2v) is 5.38. The quantitative estimate of drug-likeness (QED) is 0.395. The first-order valence-electron chi connectivity index (χ1n) is 7.64. The Morgan fingerprint density at radius 3 is 2.88 bits per heavy atom. The molecule has 0 spiro atoms. The van der Waals surface area contributed by atoms with E-state index in [0.717, 1.165) is 0 Å². The molecule has 0 fully saturated rings. The van der Waals surface area contributed by atoms with Gasteiger partial charge in [-0.25, -0.2) is 4.99 Å². The van der Waals surface area contributed by atoms with Crippen molar-refractivity contribution in [2.75, 3.05) is 20.3 Å². The van der Waals surface area contributed by atoms with Gasteiger partial charge in [0.05, 0.1) is 35.4 Å². The van der Waals surface area contributed by atoms with Crippen molar-refractivity contribution in [2.24, 2.45) is 16.5 Å². The third-order valence-corrected chi connectivity index (χ3v) is 3.76. The third kappa shape index (κ3) is 4.11. The fraction of sp³-hybridized carbons (Fsp3) is 0.235. The van der Waals surface area contributed by atoms with E-state index in [1.165, 1.54) is 19.4 Å². The van der Waals surface area contributed by atoms with Crippen molar-refractivity contribution in [3.05, 3.63) is 53.4 Å². The zero-order chi connectivity index (χ0) is 18.4. The second kappa shape index (κ2) is 8.22. The van der Waals surface area contributed by atoms with Crippen LogP contribution in [0.1, 0.15) is 11.1 Å². The van der Waals surface area contributed by atoms with Crippen molar-refractivity contribution in [1.29, 1.82) is 10.8 Å². The fourth-order valence-corrected chi connectivity index (χ4v) is 2.32. The molecule has 1 heterocycles. The maximum absolute atomic E-state index is 9.10. The van der Waals surface area contributed by atoms with Crippen LogP contribution in [0, 0.1) is 10.8 Å². The van der Waals surface area contributed by atoms with Crippen molar-refractivity contribution in [3.63, 3.8) is 0 Å². The number of ether oxygens (including phenoxy) is 1. The van der Waals surface area contributed by atoms with Gasteiger partial charge in [-0.3, -0.25) is 5.41 Å². The molecule has 1 aromatic rings. The molecule has 8 nitrogen and oxygen atoms in total. The maximum atomic E-state index is 9.10. The van der Waals surface area contributed by atoms with Gasteiger partial charge in [0.15, 0.2) is 0 Å². The minimum atomic E-state index is -0.343. The Bertz CT molecular complexity index is 762. The first-order valence-corrected chi connectivity index (χ1v) is 7.64. The average Bonchev–Trinajstić information content (AvgIpc) is 2.61. The number of aliphatic hydroxyl groups excluding tert-OH is 1. The zero-order valence-electron chi connectivity index (χ0n) is 13.9. The van der Waals surface area contributed by atoms with Gasteiger partial charge in [-0.1, -0.05) is 6.07 Å². The molecule has 25 heavy (non-hydrogen) atoms. The summed E-state index contributed by atoms with van der Waals surface area (Å²) in [6.45, 7) is 0.272. The molecule has 0 aliphatic carbocycles. The van der Waals surface area contributed by atoms with E-state index >= 15 is 0 Å². The minimum Gasteiger partial charge on any atom is -0.405 e. The highest BCUT2D eigenvalue weighted by atomic mass is 16.5. The number of amidine groups is 1. The third-order valence-electron chi connectivity index (χ3n) is 3.76. The number of allylic oxidation sites excluding steroid dienone is 1. The molecule has 0 amide bonds. The largest absolute Gasteiger partial charge is 0.405 e. The van der Waals surface area contributed by atoms with E-state index in [4.69, 9.17) is 32.1 Å². The molecule has 0 aromatic heterocycles. The standard InChI is InChI=1S/C17H22N6O2/c1-25-11(9-24)7-22-8-13-16(20)12-3-2-10(14(19)4-5-18)6-15(12)23-17(13)21/h2-6,8,11,19-20,22,24H,7,9,18H2,1H3,(H2,21,23)/b5-4-,13-8+,19-14?,20-16?. The molecule has 0 bridgehead atoms. The Morgan fingerprint density at radius 1 is 1.48 bits per heavy atom. The van der Waals surface area contributed by atoms with Crippen molar-refractivity contribution in [1.82, 2.24) is 5.32 Å². The van der Waals surface area contributed by atoms with Crippen LogP contribution in [0.2, 0.25) is 0 Å². The average molecular weight is 342 g/mol. The van der Waals surface area contributed by atoms with E-state index in [0.29, 0.717) is 28.9 Å². The molecule has 0 radical (unpaired) electrons. The number of rotatable bonds is 7. The Morgan fingerprint density at radius 2 is 2.24 bits per heavy atom. The SMILES string of the molecule is COC(CO)CN/C=C1\C(=N)c2ccc(C(=N)/C=C\N)cc2N=C1N. The number of methoxy groups -OCH3 is 1. The van der Waals surface area contributed by atoms with Gasteiger partial charge >= 0.3 is 0 Å². The lowest BCUT2D eigenvalue weighted by atomic mass is 9.95. The summed E-state index contributed by atoms with van der Waals surface area (Å²) in [4.78, 5) is 4.33. The van der Waals surface area contributed by atoms with Crippen LogP contribution in [-0.4, -0.2) is 48.7 Å². The van der Waals surface area contributed by atoms with Gasteiger partial charge in [0.25, 0.3) is 0 Å². The molecule has 1 aliphatic rings. The fourth-order valence-electron chi connectivity index (χ4n) is 2.32. The predicted octanol–water partition coefficient (Wildman–Crippen LogP) is 0.378. The topological polar surface area (TPSA) is 154 Å². The molecule has 2 rings (SSSR count). The van der Waals surface area contributed by atoms with Gasteiger partial charge in [0.1, 0.15) is 5.84 Å². The van der Waals surface area contributed by atoms with Crippen LogP contribution in [0.15, 0.2) is 47.2 Å². The van der Waals surface area contributed by atoms with Crippen LogP contribution in [0.3, 0.4) is 0 Å². The van der Waals surface area contributed by atoms with E-state index in [2.05, 4.69) is 10.3 Å². The minimum absolute atomic E-state index is 0.109. The lowest BCUT2D eigenvalue weighted by molar-refractivity contribution is 0.0514. The number of aliphatic imine (C=N–C) groups is 1. The summed E-state index contributed by atoms with van der Waals surface area (Å²) in [6.07, 6.45) is 4.03. The lowest BCUT2D eigenvalue weighted by Crippen LogP contribution is -2.31. The van der Waals surface area contributed by atoms with Crippen molar-refractivity contribution in [2.45, 2.75) is 6.10 Å². The highest BCUT2D eigenvalue weighted by Gasteiger charge is 2.21. The predicted molar refractivity (Wildman–Crippen MR) is 98.7 cm³/mol. The normalized spacial score (nSPS) is 16.6. The molecule has 8 heteroatoms. The van der Waals surface area contributed by atoms with E-state index < -0.39 is 0 Å². The summed E-state index contributed by atoms with van der Waals surface area (Å²) in [5.41, 5.74) is 14.1. The highest BCUT2D eigenvalue weighted by molar-refractivity contribution is 6.32. The molecule has 0 saturated carbocycles. The number of hydrogen-bond acceptors (Lipinski definition) is 8. The zero-order valence-corrected chi connectivity index (χ0v) is 13.9. The van der Waals surface area contributed by atoms with Crippen LogP contribution >= 0.6 is 0 Å². The first-order chi connectivity index (χ1) is 12.0. The van der Waals surface area contributed by atoms with Crippen molar-refractivity contribution in [3.8, 4) is 0 Å². The van der Waals surface area contributed by atoms with Crippen molar-refractivity contribution >= 4 is 22.9 Å². The molecule has 1 unspecified atom stereocenters. The van der Waals surface area contributed by atoms with Crippen LogP contribution < -0.4 is 16.8 Å². The number of nitrogens with one attached hydrogen (secondary N) is 3. The van der Waals surface area contributed by atoms with Gasteiger partial charge < -0.3 is 32.0 Å². The van der Waals surface area contributed by atoms with Crippen LogP contribution in [0.5, 0.6) is 0 Å². The molecular weight excluding hydrogens is 320 g/mol. The number of aliphatic hydroxyl groups is 1. The molecule has 8 N–H and O–H groups in total. The Hall–Kier alpha value is -2.97. The monoisotopic (exact) mass is 342 g/mol. The van der Waals surface area contributed by atoms with E-state index in [1.807, 2.05) is 0 Å². The van der Waals surface area contributed by atoms with Crippen LogP contribution in [0.25, 0.3) is 0 Å². The summed E-state index contributed by atoms with van der Waals surface area (Å²) in [6, 6.07) is 5.18. The van der Waals surface area contributed by atoms with Gasteiger partial charge in [0.2, 0.25) is 0 Å². The molecule has 1 atom stereocenters. The Labute approximate surface area is 145 Å². The highest BCUT2D eigenvalue weighted by Crippen LogP contribution is 2.28. The number of fused-ring (bicyclic) bond motifs is 1. The smallest absolute Gasteiger partial charge is 0.135 e. The molecule has 1 aromatic carbocycles. The van der Waals surface area contributed by atoms with Gasteiger partial charge in [-0.15, -0.1) is 0 Å². The molecule has 132 valence electrons. The number of nitrogens with zero attached hydrogens (tertiary/aromatic N) is 1. The number of nitrogens with two attached hydrogens (primary N) is 2. The van der Waals surface area contributed by atoms with E-state index in [9.17, 15) is 0 Å². The van der Waals surface area contributed by atoms with Gasteiger partial charge in [0, 0.05) is 31.0 Å². The molecule has 1 aliphatic heterocycles. The van der Waals surface area contributed by atoms with Gasteiger partial charge in [-0.05, 0) is 24.4 Å². The van der Waals surface area contributed by atoms with Gasteiger partial charge in [-0.2, -0.15) is 0 Å². The lowest BCUT2D eigenvalue weighted by Gasteiger charge is -2.19. The van der Waals surface area contributed by atoms with Crippen molar-refractivity contribution < 1.29 is 9.84 Å². The maximum Gasteiger partial charge on any atom is 0.135 e.